The van der Waals surface area contributed by atoms with E-state index in [-0.39, 0.29) is 23.0 Å². The SMILES string of the molecule is COc1nsc(NC(=O)N2CC3CC(Nc4c(N)cnc5c4ccn5S(=O)(=O)c4ccccc4)C[C@H]3C2)n1. The van der Waals surface area contributed by atoms with Gasteiger partial charge in [-0.3, -0.25) is 5.32 Å². The van der Waals surface area contributed by atoms with Crippen LogP contribution in [0.15, 0.2) is 53.7 Å². The maximum absolute atomic E-state index is 13.2. The minimum absolute atomic E-state index is 0.143. The predicted molar refractivity (Wildman–Crippen MR) is 144 cm³/mol. The van der Waals surface area contributed by atoms with Gasteiger partial charge in [-0.2, -0.15) is 4.98 Å². The molecular formula is C24H26N8O4S2. The zero-order valence-electron chi connectivity index (χ0n) is 20.4. The molecule has 3 aromatic heterocycles. The first-order valence-electron chi connectivity index (χ1n) is 12.1. The summed E-state index contributed by atoms with van der Waals surface area (Å²) in [6.45, 7) is 1.30. The zero-order chi connectivity index (χ0) is 26.4. The third kappa shape index (κ3) is 4.28. The van der Waals surface area contributed by atoms with Crippen molar-refractivity contribution in [3.05, 3.63) is 48.8 Å². The van der Waals surface area contributed by atoms with Gasteiger partial charge in [-0.05, 0) is 42.9 Å². The number of nitrogens with two attached hydrogens (primary N) is 1. The Morgan fingerprint density at radius 3 is 2.58 bits per heavy atom. The average Bonchev–Trinajstić information content (AvgIpc) is 3.69. The molecule has 1 saturated carbocycles. The van der Waals surface area contributed by atoms with Gasteiger partial charge in [0.25, 0.3) is 10.0 Å². The third-order valence-electron chi connectivity index (χ3n) is 7.20. The van der Waals surface area contributed by atoms with Crippen molar-refractivity contribution < 1.29 is 17.9 Å². The second-order valence-corrected chi connectivity index (χ2v) is 12.1. The molecule has 0 radical (unpaired) electrons. The van der Waals surface area contributed by atoms with Crippen LogP contribution in [0.4, 0.5) is 21.3 Å². The van der Waals surface area contributed by atoms with E-state index < -0.39 is 10.0 Å². The largest absolute Gasteiger partial charge is 0.466 e. The number of hydrogen-bond acceptors (Lipinski definition) is 10. The molecule has 1 saturated heterocycles. The highest BCUT2D eigenvalue weighted by Crippen LogP contribution is 2.41. The van der Waals surface area contributed by atoms with Gasteiger partial charge in [0, 0.05) is 42.2 Å². The Hall–Kier alpha value is -3.91. The number of pyridine rings is 1. The number of rotatable bonds is 6. The zero-order valence-corrected chi connectivity index (χ0v) is 22.1. The van der Waals surface area contributed by atoms with Crippen molar-refractivity contribution in [2.45, 2.75) is 23.8 Å². The van der Waals surface area contributed by atoms with E-state index in [9.17, 15) is 13.2 Å². The van der Waals surface area contributed by atoms with E-state index in [0.29, 0.717) is 52.5 Å². The molecule has 38 heavy (non-hydrogen) atoms. The van der Waals surface area contributed by atoms with Crippen LogP contribution in [0.3, 0.4) is 0 Å². The maximum atomic E-state index is 13.2. The van der Waals surface area contributed by atoms with Gasteiger partial charge in [0.2, 0.25) is 5.13 Å². The molecule has 3 atom stereocenters. The fourth-order valence-corrected chi connectivity index (χ4v) is 7.30. The highest BCUT2D eigenvalue weighted by molar-refractivity contribution is 7.90. The minimum atomic E-state index is -3.80. The molecule has 198 valence electrons. The van der Waals surface area contributed by atoms with Crippen LogP contribution >= 0.6 is 11.5 Å². The van der Waals surface area contributed by atoms with Crippen LogP contribution in [0.25, 0.3) is 11.0 Å². The molecule has 4 N–H and O–H groups in total. The number of benzene rings is 1. The second kappa shape index (κ2) is 9.44. The summed E-state index contributed by atoms with van der Waals surface area (Å²) >= 11 is 1.08. The number of carbonyl (C=O) groups excluding carboxylic acids is 1. The van der Waals surface area contributed by atoms with Crippen molar-refractivity contribution in [1.82, 2.24) is 23.2 Å². The van der Waals surface area contributed by atoms with Crippen LogP contribution in [0.1, 0.15) is 12.8 Å². The molecule has 1 aliphatic heterocycles. The highest BCUT2D eigenvalue weighted by atomic mass is 32.2. The Bertz CT molecular complexity index is 1590. The number of methoxy groups -OCH3 is 1. The molecule has 12 nitrogen and oxygen atoms in total. The summed E-state index contributed by atoms with van der Waals surface area (Å²) in [6, 6.07) is 10.2. The average molecular weight is 555 g/mol. The molecule has 1 aromatic carbocycles. The highest BCUT2D eigenvalue weighted by Gasteiger charge is 2.42. The molecule has 2 aliphatic rings. The molecule has 4 heterocycles. The molecule has 2 unspecified atom stereocenters. The number of carbonyl (C=O) groups is 1. The second-order valence-electron chi connectivity index (χ2n) is 9.51. The van der Waals surface area contributed by atoms with E-state index >= 15 is 0 Å². The van der Waals surface area contributed by atoms with Crippen molar-refractivity contribution in [3.63, 3.8) is 0 Å². The standard InChI is InChI=1S/C24H26N8O4S2/c1-36-22-28-23(37-30-22)29-24(33)31-12-14-9-16(10-15(14)13-31)27-20-18-7-8-32(21(18)26-11-19(20)25)38(34,35)17-5-3-2-4-6-17/h2-8,11,14-16H,9-10,12-13,25H2,1H3,(H,26,27)(H,28,29,30,33)/t14-,15?,16?/m0/s1. The van der Waals surface area contributed by atoms with Crippen LogP contribution < -0.4 is 21.1 Å². The summed E-state index contributed by atoms with van der Waals surface area (Å²) in [5, 5.41) is 7.40. The molecule has 2 amide bonds. The maximum Gasteiger partial charge on any atom is 0.329 e. The Balaban J connectivity index is 1.15. The number of ether oxygens (including phenoxy) is 1. The Kier molecular flexibility index (Phi) is 6.07. The van der Waals surface area contributed by atoms with Gasteiger partial charge in [0.1, 0.15) is 0 Å². The first kappa shape index (κ1) is 24.4. The van der Waals surface area contributed by atoms with Crippen molar-refractivity contribution >= 4 is 55.1 Å². The van der Waals surface area contributed by atoms with Crippen molar-refractivity contribution in [1.29, 1.82) is 0 Å². The van der Waals surface area contributed by atoms with Gasteiger partial charge < -0.3 is 20.7 Å². The fraction of sp³-hybridized carbons (Fsp3) is 0.333. The number of urea groups is 1. The van der Waals surface area contributed by atoms with Crippen LogP contribution in [0.5, 0.6) is 6.01 Å². The van der Waals surface area contributed by atoms with Crippen molar-refractivity contribution in [2.75, 3.05) is 36.6 Å². The number of likely N-dealkylation sites (tertiary alicyclic amines) is 1. The van der Waals surface area contributed by atoms with Gasteiger partial charge in [-0.15, -0.1) is 4.37 Å². The normalized spacial score (nSPS) is 21.0. The van der Waals surface area contributed by atoms with Gasteiger partial charge in [-0.1, -0.05) is 18.2 Å². The van der Waals surface area contributed by atoms with E-state index in [2.05, 4.69) is 25.0 Å². The Morgan fingerprint density at radius 2 is 1.89 bits per heavy atom. The van der Waals surface area contributed by atoms with Crippen molar-refractivity contribution in [3.8, 4) is 6.01 Å². The summed E-state index contributed by atoms with van der Waals surface area (Å²) in [5.41, 5.74) is 7.75. The molecule has 4 aromatic rings. The lowest BCUT2D eigenvalue weighted by Crippen LogP contribution is -2.34. The van der Waals surface area contributed by atoms with Crippen LogP contribution in [-0.2, 0) is 10.0 Å². The lowest BCUT2D eigenvalue weighted by atomic mass is 10.0. The molecule has 6 rings (SSSR count). The quantitative estimate of drug-likeness (QED) is 0.326. The van der Waals surface area contributed by atoms with Gasteiger partial charge in [0.05, 0.1) is 29.6 Å². The summed E-state index contributed by atoms with van der Waals surface area (Å²) in [5.74, 6) is 0.702. The number of amides is 2. The Labute approximate surface area is 223 Å². The molecule has 1 aliphatic carbocycles. The molecular weight excluding hydrogens is 528 g/mol. The number of nitrogens with one attached hydrogen (secondary N) is 2. The third-order valence-corrected chi connectivity index (χ3v) is 9.49. The van der Waals surface area contributed by atoms with Gasteiger partial charge in [-0.25, -0.2) is 22.2 Å². The minimum Gasteiger partial charge on any atom is -0.466 e. The fourth-order valence-electron chi connectivity index (χ4n) is 5.44. The predicted octanol–water partition coefficient (Wildman–Crippen LogP) is 3.07. The van der Waals surface area contributed by atoms with Gasteiger partial charge in [0.15, 0.2) is 5.65 Å². The number of fused-ring (bicyclic) bond motifs is 2. The van der Waals surface area contributed by atoms with E-state index in [0.717, 1.165) is 24.4 Å². The summed E-state index contributed by atoms with van der Waals surface area (Å²) < 4.78 is 36.6. The number of nitrogen functional groups attached to an aromatic ring is 1. The lowest BCUT2D eigenvalue weighted by Gasteiger charge is -2.21. The topological polar surface area (TPSA) is 157 Å². The molecule has 0 bridgehead atoms. The molecule has 0 spiro atoms. The van der Waals surface area contributed by atoms with E-state index in [1.165, 1.54) is 23.5 Å². The number of anilines is 3. The van der Waals surface area contributed by atoms with Gasteiger partial charge >= 0.3 is 12.0 Å². The van der Waals surface area contributed by atoms with E-state index in [1.54, 1.807) is 36.4 Å². The number of aromatic nitrogens is 4. The summed E-state index contributed by atoms with van der Waals surface area (Å²) in [4.78, 5) is 23.2. The van der Waals surface area contributed by atoms with E-state index in [4.69, 9.17) is 10.5 Å². The molecule has 2 fully saturated rings. The summed E-state index contributed by atoms with van der Waals surface area (Å²) in [6.07, 6.45) is 4.74. The first-order chi connectivity index (χ1) is 18.3. The smallest absolute Gasteiger partial charge is 0.329 e. The number of nitrogens with zero attached hydrogens (tertiary/aromatic N) is 5. The number of hydrogen-bond donors (Lipinski definition) is 3. The van der Waals surface area contributed by atoms with Crippen LogP contribution in [-0.4, -0.2) is 63.9 Å². The lowest BCUT2D eigenvalue weighted by molar-refractivity contribution is 0.218. The van der Waals surface area contributed by atoms with Crippen molar-refractivity contribution in [2.24, 2.45) is 11.8 Å². The summed E-state index contributed by atoms with van der Waals surface area (Å²) in [7, 11) is -2.32. The monoisotopic (exact) mass is 554 g/mol. The first-order valence-corrected chi connectivity index (χ1v) is 14.3. The van der Waals surface area contributed by atoms with Crippen LogP contribution in [0.2, 0.25) is 0 Å². The Morgan fingerprint density at radius 1 is 1.16 bits per heavy atom. The van der Waals surface area contributed by atoms with Crippen LogP contribution in [0, 0.1) is 11.8 Å². The molecule has 14 heteroatoms. The van der Waals surface area contributed by atoms with E-state index in [1.807, 2.05) is 4.90 Å².